The molecule has 2 N–H and O–H groups in total. The van der Waals surface area contributed by atoms with E-state index in [1.54, 1.807) is 0 Å². The van der Waals surface area contributed by atoms with E-state index in [1.165, 1.54) is 11.1 Å². The monoisotopic (exact) mass is 376 g/mol. The van der Waals surface area contributed by atoms with Gasteiger partial charge in [-0.15, -0.1) is 0 Å². The van der Waals surface area contributed by atoms with Crippen molar-refractivity contribution in [2.24, 2.45) is 10.9 Å². The summed E-state index contributed by atoms with van der Waals surface area (Å²) in [6.45, 7) is 8.72. The number of nitrogens with one attached hydrogen (secondary N) is 2. The van der Waals surface area contributed by atoms with E-state index >= 15 is 0 Å². The maximum Gasteiger partial charge on any atom is 0.191 e. The van der Waals surface area contributed by atoms with Gasteiger partial charge in [0.05, 0.1) is 19.8 Å². The van der Waals surface area contributed by atoms with Crippen molar-refractivity contribution in [1.82, 2.24) is 15.5 Å². The van der Waals surface area contributed by atoms with Gasteiger partial charge in [-0.3, -0.25) is 0 Å². The Morgan fingerprint density at radius 1 is 1.26 bits per heavy atom. The van der Waals surface area contributed by atoms with E-state index in [-0.39, 0.29) is 0 Å². The second-order valence-corrected chi connectivity index (χ2v) is 7.29. The molecule has 1 aliphatic heterocycles. The smallest absolute Gasteiger partial charge is 0.191 e. The van der Waals surface area contributed by atoms with Crippen LogP contribution in [-0.4, -0.2) is 64.5 Å². The largest absolute Gasteiger partial charge is 0.381 e. The molecule has 0 amide bonds. The molecule has 152 valence electrons. The van der Waals surface area contributed by atoms with Crippen LogP contribution in [-0.2, 0) is 22.6 Å². The fourth-order valence-electron chi connectivity index (χ4n) is 3.06. The van der Waals surface area contributed by atoms with Gasteiger partial charge in [-0.1, -0.05) is 24.3 Å². The summed E-state index contributed by atoms with van der Waals surface area (Å²) >= 11 is 0. The van der Waals surface area contributed by atoms with Crippen molar-refractivity contribution in [2.45, 2.75) is 32.9 Å². The van der Waals surface area contributed by atoms with E-state index < -0.39 is 0 Å². The van der Waals surface area contributed by atoms with Crippen LogP contribution in [0.4, 0.5) is 0 Å². The highest BCUT2D eigenvalue weighted by atomic mass is 16.5. The van der Waals surface area contributed by atoms with Crippen molar-refractivity contribution in [3.8, 4) is 0 Å². The maximum atomic E-state index is 5.76. The van der Waals surface area contributed by atoms with Crippen molar-refractivity contribution in [3.05, 3.63) is 35.4 Å². The predicted octanol–water partition coefficient (Wildman–Crippen LogP) is 2.25. The standard InChI is InChI=1S/C21H36N4O2/c1-4-22-21(23-11-7-12-26-16-18-10-13-27-17-18)24-14-19-8-5-6-9-20(19)15-25(2)3/h5-6,8-9,18H,4,7,10-17H2,1-3H3,(H2,22,23,24). The highest BCUT2D eigenvalue weighted by Gasteiger charge is 2.15. The summed E-state index contributed by atoms with van der Waals surface area (Å²) in [4.78, 5) is 6.94. The minimum Gasteiger partial charge on any atom is -0.381 e. The van der Waals surface area contributed by atoms with Gasteiger partial charge >= 0.3 is 0 Å². The molecular weight excluding hydrogens is 340 g/mol. The first-order valence-corrected chi connectivity index (χ1v) is 10.1. The van der Waals surface area contributed by atoms with Crippen molar-refractivity contribution < 1.29 is 9.47 Å². The third-order valence-corrected chi connectivity index (χ3v) is 4.49. The molecule has 1 saturated heterocycles. The molecule has 6 heteroatoms. The van der Waals surface area contributed by atoms with Crippen molar-refractivity contribution >= 4 is 5.96 Å². The summed E-state index contributed by atoms with van der Waals surface area (Å²) < 4.78 is 11.1. The molecular formula is C21H36N4O2. The minimum atomic E-state index is 0.582. The zero-order valence-corrected chi connectivity index (χ0v) is 17.2. The van der Waals surface area contributed by atoms with Gasteiger partial charge in [0.1, 0.15) is 0 Å². The van der Waals surface area contributed by atoms with E-state index in [2.05, 4.69) is 60.8 Å². The summed E-state index contributed by atoms with van der Waals surface area (Å²) in [7, 11) is 4.18. The molecule has 0 spiro atoms. The van der Waals surface area contributed by atoms with Gasteiger partial charge < -0.3 is 25.0 Å². The maximum absolute atomic E-state index is 5.76. The zero-order chi connectivity index (χ0) is 19.3. The second-order valence-electron chi connectivity index (χ2n) is 7.29. The molecule has 6 nitrogen and oxygen atoms in total. The number of benzene rings is 1. The number of nitrogens with zero attached hydrogens (tertiary/aromatic N) is 2. The normalized spacial score (nSPS) is 17.5. The third-order valence-electron chi connectivity index (χ3n) is 4.49. The first kappa shape index (κ1) is 21.7. The van der Waals surface area contributed by atoms with Crippen LogP contribution in [0, 0.1) is 5.92 Å². The Kier molecular flexibility index (Phi) is 10.2. The summed E-state index contributed by atoms with van der Waals surface area (Å²) in [6.07, 6.45) is 2.10. The van der Waals surface area contributed by atoms with E-state index in [1.807, 2.05) is 0 Å². The number of guanidine groups is 1. The molecule has 1 heterocycles. The van der Waals surface area contributed by atoms with Crippen LogP contribution < -0.4 is 10.6 Å². The lowest BCUT2D eigenvalue weighted by molar-refractivity contribution is 0.0888. The summed E-state index contributed by atoms with van der Waals surface area (Å²) in [5, 5.41) is 6.72. The second kappa shape index (κ2) is 12.7. The van der Waals surface area contributed by atoms with E-state index in [0.717, 1.165) is 64.9 Å². The summed E-state index contributed by atoms with van der Waals surface area (Å²) in [5.74, 6) is 1.44. The van der Waals surface area contributed by atoms with Crippen molar-refractivity contribution in [1.29, 1.82) is 0 Å². The van der Waals surface area contributed by atoms with Crippen LogP contribution in [0.25, 0.3) is 0 Å². The lowest BCUT2D eigenvalue weighted by Gasteiger charge is -2.15. The van der Waals surface area contributed by atoms with Crippen molar-refractivity contribution in [3.63, 3.8) is 0 Å². The molecule has 1 aliphatic rings. The lowest BCUT2D eigenvalue weighted by atomic mass is 10.1. The van der Waals surface area contributed by atoms with Crippen LogP contribution in [0.2, 0.25) is 0 Å². The van der Waals surface area contributed by atoms with Gasteiger partial charge in [-0.2, -0.15) is 0 Å². The Balaban J connectivity index is 1.73. The van der Waals surface area contributed by atoms with Gasteiger partial charge in [-0.05, 0) is 45.0 Å². The fourth-order valence-corrected chi connectivity index (χ4v) is 3.06. The Morgan fingerprint density at radius 3 is 2.78 bits per heavy atom. The molecule has 1 atom stereocenters. The topological polar surface area (TPSA) is 58.1 Å². The van der Waals surface area contributed by atoms with Gasteiger partial charge in [0.2, 0.25) is 0 Å². The van der Waals surface area contributed by atoms with Gasteiger partial charge in [0.15, 0.2) is 5.96 Å². The number of hydrogen-bond donors (Lipinski definition) is 2. The van der Waals surface area contributed by atoms with Crippen LogP contribution in [0.1, 0.15) is 30.9 Å². The van der Waals surface area contributed by atoms with Gasteiger partial charge in [0, 0.05) is 38.8 Å². The van der Waals surface area contributed by atoms with Crippen LogP contribution in [0.15, 0.2) is 29.3 Å². The Labute approximate surface area is 164 Å². The summed E-state index contributed by atoms with van der Waals surface area (Å²) in [5.41, 5.74) is 2.59. The molecule has 1 unspecified atom stereocenters. The molecule has 27 heavy (non-hydrogen) atoms. The molecule has 0 saturated carbocycles. The Bertz CT molecular complexity index is 557. The Morgan fingerprint density at radius 2 is 2.07 bits per heavy atom. The van der Waals surface area contributed by atoms with Crippen molar-refractivity contribution in [2.75, 3.05) is 53.6 Å². The van der Waals surface area contributed by atoms with Crippen LogP contribution in [0.3, 0.4) is 0 Å². The predicted molar refractivity (Wildman–Crippen MR) is 111 cm³/mol. The molecule has 2 rings (SSSR count). The van der Waals surface area contributed by atoms with Crippen LogP contribution in [0.5, 0.6) is 0 Å². The number of hydrogen-bond acceptors (Lipinski definition) is 4. The molecule has 1 aromatic rings. The van der Waals surface area contributed by atoms with E-state index in [4.69, 9.17) is 14.5 Å². The molecule has 1 aromatic carbocycles. The molecule has 0 radical (unpaired) electrons. The number of rotatable bonds is 11. The average Bonchev–Trinajstić information content (AvgIpc) is 3.16. The lowest BCUT2D eigenvalue weighted by Crippen LogP contribution is -2.38. The number of aliphatic imine (C=N–C) groups is 1. The SMILES string of the molecule is CCNC(=NCc1ccccc1CN(C)C)NCCCOCC1CCOC1. The molecule has 0 aromatic heterocycles. The van der Waals surface area contributed by atoms with E-state index in [0.29, 0.717) is 12.5 Å². The first-order valence-electron chi connectivity index (χ1n) is 10.1. The molecule has 1 fully saturated rings. The number of ether oxygens (including phenoxy) is 2. The van der Waals surface area contributed by atoms with E-state index in [9.17, 15) is 0 Å². The molecule has 0 bridgehead atoms. The minimum absolute atomic E-state index is 0.582. The zero-order valence-electron chi connectivity index (χ0n) is 17.2. The van der Waals surface area contributed by atoms with Crippen LogP contribution >= 0.6 is 0 Å². The Hall–Kier alpha value is -1.63. The van der Waals surface area contributed by atoms with Gasteiger partial charge in [-0.25, -0.2) is 4.99 Å². The quantitative estimate of drug-likeness (QED) is 0.352. The fraction of sp³-hybridized carbons (Fsp3) is 0.667. The average molecular weight is 377 g/mol. The first-order chi connectivity index (χ1) is 13.2. The molecule has 0 aliphatic carbocycles. The highest BCUT2D eigenvalue weighted by molar-refractivity contribution is 5.79. The van der Waals surface area contributed by atoms with Gasteiger partial charge in [0.25, 0.3) is 0 Å². The highest BCUT2D eigenvalue weighted by Crippen LogP contribution is 2.12. The summed E-state index contributed by atoms with van der Waals surface area (Å²) in [6, 6.07) is 8.51. The third kappa shape index (κ3) is 8.73.